The molecule has 0 aliphatic carbocycles. The Labute approximate surface area is 48.9 Å². The molecular formula is C4H9F3Si. The van der Waals surface area contributed by atoms with E-state index in [0.717, 1.165) is 0 Å². The van der Waals surface area contributed by atoms with Crippen LogP contribution in [0.4, 0.5) is 13.2 Å². The standard InChI is InChI=1S/C4H9F3Si/c1-2-3-8-4(5,6)7/h2-3,8H2,1H3. The summed E-state index contributed by atoms with van der Waals surface area (Å²) in [7, 11) is -1.75. The number of rotatable bonds is 2. The third-order valence-electron chi connectivity index (χ3n) is 0.814. The molecule has 0 nitrogen and oxygen atoms in total. The molecule has 0 aromatic carbocycles. The molecule has 8 heavy (non-hydrogen) atoms. The van der Waals surface area contributed by atoms with Crippen LogP contribution in [0.15, 0.2) is 0 Å². The summed E-state index contributed by atoms with van der Waals surface area (Å²) in [6.45, 7) is 1.78. The number of hydrogen-bond acceptors (Lipinski definition) is 0. The summed E-state index contributed by atoms with van der Waals surface area (Å²) < 4.78 is 33.9. The lowest BCUT2D eigenvalue weighted by molar-refractivity contribution is -0.0472. The second kappa shape index (κ2) is 3.12. The predicted molar refractivity (Wildman–Crippen MR) is 29.7 cm³/mol. The molecule has 0 rings (SSSR count). The van der Waals surface area contributed by atoms with Crippen LogP contribution < -0.4 is 0 Å². The van der Waals surface area contributed by atoms with Gasteiger partial charge in [-0.15, -0.1) is 0 Å². The van der Waals surface area contributed by atoms with E-state index < -0.39 is 15.3 Å². The van der Waals surface area contributed by atoms with Crippen molar-refractivity contribution in [3.63, 3.8) is 0 Å². The van der Waals surface area contributed by atoms with Crippen molar-refractivity contribution in [2.45, 2.75) is 25.2 Å². The maximum absolute atomic E-state index is 11.3. The molecule has 0 radical (unpaired) electrons. The molecule has 0 unspecified atom stereocenters. The van der Waals surface area contributed by atoms with E-state index in [0.29, 0.717) is 12.5 Å². The minimum atomic E-state index is -3.81. The van der Waals surface area contributed by atoms with Crippen LogP contribution in [0, 0.1) is 0 Å². The number of hydrogen-bond donors (Lipinski definition) is 0. The Hall–Kier alpha value is 0.00688. The summed E-state index contributed by atoms with van der Waals surface area (Å²) in [5.74, 6) is -3.81. The highest BCUT2D eigenvalue weighted by atomic mass is 28.2. The first kappa shape index (κ1) is 8.01. The monoisotopic (exact) mass is 142 g/mol. The summed E-state index contributed by atoms with van der Waals surface area (Å²) in [5, 5.41) is 0. The van der Waals surface area contributed by atoms with Gasteiger partial charge in [0.25, 0.3) is 0 Å². The molecule has 0 bridgehead atoms. The summed E-state index contributed by atoms with van der Waals surface area (Å²) in [6, 6.07) is 0.392. The van der Waals surface area contributed by atoms with Gasteiger partial charge in [-0.05, 0) is 0 Å². The molecule has 0 atom stereocenters. The van der Waals surface area contributed by atoms with Crippen LogP contribution in [0.25, 0.3) is 0 Å². The van der Waals surface area contributed by atoms with E-state index >= 15 is 0 Å². The summed E-state index contributed by atoms with van der Waals surface area (Å²) in [5.41, 5.74) is 0. The Morgan fingerprint density at radius 3 is 2.00 bits per heavy atom. The smallest absolute Gasteiger partial charge is 0.178 e. The van der Waals surface area contributed by atoms with E-state index in [4.69, 9.17) is 0 Å². The van der Waals surface area contributed by atoms with Crippen molar-refractivity contribution in [2.75, 3.05) is 0 Å². The fourth-order valence-electron chi connectivity index (χ4n) is 0.377. The highest BCUT2D eigenvalue weighted by Crippen LogP contribution is 2.14. The second-order valence-electron chi connectivity index (χ2n) is 1.72. The average Bonchev–Trinajstić information content (AvgIpc) is 1.59. The third kappa shape index (κ3) is 6.01. The molecule has 50 valence electrons. The van der Waals surface area contributed by atoms with Gasteiger partial charge in [0.05, 0.1) is 0 Å². The first-order valence-corrected chi connectivity index (χ1v) is 4.33. The van der Waals surface area contributed by atoms with Crippen molar-refractivity contribution >= 4 is 9.52 Å². The van der Waals surface area contributed by atoms with Crippen molar-refractivity contribution < 1.29 is 13.2 Å². The van der Waals surface area contributed by atoms with E-state index in [1.54, 1.807) is 6.92 Å². The van der Waals surface area contributed by atoms with Crippen molar-refractivity contribution in [1.29, 1.82) is 0 Å². The molecular weight excluding hydrogens is 133 g/mol. The largest absolute Gasteiger partial charge is 0.354 e. The van der Waals surface area contributed by atoms with Crippen LogP contribution in [-0.4, -0.2) is 15.3 Å². The summed E-state index contributed by atoms with van der Waals surface area (Å²) >= 11 is 0. The SMILES string of the molecule is CCC[SiH2]C(F)(F)F. The quantitative estimate of drug-likeness (QED) is 0.512. The van der Waals surface area contributed by atoms with Crippen LogP contribution >= 0.6 is 0 Å². The average molecular weight is 142 g/mol. The molecule has 0 aliphatic heterocycles. The topological polar surface area (TPSA) is 0 Å². The number of halogens is 3. The molecule has 4 heteroatoms. The van der Waals surface area contributed by atoms with Gasteiger partial charge in [-0.25, -0.2) is 0 Å². The molecule has 0 saturated carbocycles. The predicted octanol–water partition coefficient (Wildman–Crippen LogP) is 1.50. The fraction of sp³-hybridized carbons (Fsp3) is 1.00. The zero-order valence-electron chi connectivity index (χ0n) is 4.76. The lowest BCUT2D eigenvalue weighted by Crippen LogP contribution is -2.17. The molecule has 0 amide bonds. The van der Waals surface area contributed by atoms with Gasteiger partial charge in [0, 0.05) is 0 Å². The highest BCUT2D eigenvalue weighted by Gasteiger charge is 2.25. The molecule has 0 heterocycles. The number of alkyl halides is 3. The van der Waals surface area contributed by atoms with Gasteiger partial charge >= 0.3 is 5.80 Å². The summed E-state index contributed by atoms with van der Waals surface area (Å²) in [4.78, 5) is 0. The first-order valence-electron chi connectivity index (χ1n) is 2.63. The Bertz CT molecular complexity index is 58.8. The zero-order valence-corrected chi connectivity index (χ0v) is 6.17. The van der Waals surface area contributed by atoms with Crippen LogP contribution in [0.1, 0.15) is 13.3 Å². The normalized spacial score (nSPS) is 13.5. The van der Waals surface area contributed by atoms with Gasteiger partial charge in [0.15, 0.2) is 9.52 Å². The van der Waals surface area contributed by atoms with E-state index in [2.05, 4.69) is 0 Å². The van der Waals surface area contributed by atoms with E-state index in [1.807, 2.05) is 0 Å². The van der Waals surface area contributed by atoms with Crippen LogP contribution in [0.5, 0.6) is 0 Å². The van der Waals surface area contributed by atoms with Gasteiger partial charge in [-0.1, -0.05) is 19.4 Å². The lowest BCUT2D eigenvalue weighted by atomic mass is 10.6. The summed E-state index contributed by atoms with van der Waals surface area (Å²) in [6.07, 6.45) is 0.672. The minimum Gasteiger partial charge on any atom is -0.178 e. The van der Waals surface area contributed by atoms with Gasteiger partial charge in [0.2, 0.25) is 0 Å². The third-order valence-corrected chi connectivity index (χ3v) is 2.44. The van der Waals surface area contributed by atoms with Crippen molar-refractivity contribution in [2.24, 2.45) is 0 Å². The lowest BCUT2D eigenvalue weighted by Gasteiger charge is -2.01. The highest BCUT2D eigenvalue weighted by molar-refractivity contribution is 6.37. The molecule has 0 N–H and O–H groups in total. The Morgan fingerprint density at radius 2 is 1.88 bits per heavy atom. The fourth-order valence-corrected chi connectivity index (χ4v) is 1.13. The van der Waals surface area contributed by atoms with E-state index in [-0.39, 0.29) is 0 Å². The minimum absolute atomic E-state index is 0.392. The van der Waals surface area contributed by atoms with Crippen LogP contribution in [0.3, 0.4) is 0 Å². The van der Waals surface area contributed by atoms with Gasteiger partial charge in [0.1, 0.15) is 0 Å². The van der Waals surface area contributed by atoms with Gasteiger partial charge in [-0.2, -0.15) is 13.2 Å². The molecule has 0 spiro atoms. The van der Waals surface area contributed by atoms with Crippen molar-refractivity contribution in [1.82, 2.24) is 0 Å². The Balaban J connectivity index is 3.11. The molecule has 0 aliphatic rings. The van der Waals surface area contributed by atoms with Crippen molar-refractivity contribution in [3.05, 3.63) is 0 Å². The zero-order chi connectivity index (χ0) is 6.62. The van der Waals surface area contributed by atoms with Crippen molar-refractivity contribution in [3.8, 4) is 0 Å². The maximum Gasteiger partial charge on any atom is 0.354 e. The van der Waals surface area contributed by atoms with E-state index in [9.17, 15) is 13.2 Å². The molecule has 0 fully saturated rings. The Kier molecular flexibility index (Phi) is 3.12. The maximum atomic E-state index is 11.3. The molecule has 0 aromatic heterocycles. The molecule has 0 aromatic rings. The first-order chi connectivity index (χ1) is 3.56. The van der Waals surface area contributed by atoms with Gasteiger partial charge < -0.3 is 0 Å². The Morgan fingerprint density at radius 1 is 1.38 bits per heavy atom. The van der Waals surface area contributed by atoms with E-state index in [1.165, 1.54) is 0 Å². The van der Waals surface area contributed by atoms with Gasteiger partial charge in [-0.3, -0.25) is 0 Å². The second-order valence-corrected chi connectivity index (χ2v) is 3.73. The molecule has 0 saturated heterocycles. The van der Waals surface area contributed by atoms with Crippen LogP contribution in [-0.2, 0) is 0 Å². The van der Waals surface area contributed by atoms with Crippen LogP contribution in [0.2, 0.25) is 6.04 Å².